The predicted octanol–water partition coefficient (Wildman–Crippen LogP) is 13.2. The third kappa shape index (κ3) is 4.63. The predicted molar refractivity (Wildman–Crippen MR) is 210 cm³/mol. The Labute approximate surface area is 289 Å². The smallest absolute Gasteiger partial charge is 0.144 e. The first-order chi connectivity index (χ1) is 24.8. The van der Waals surface area contributed by atoms with E-state index in [1.54, 1.807) is 0 Å². The van der Waals surface area contributed by atoms with Gasteiger partial charge in [-0.2, -0.15) is 0 Å². The summed E-state index contributed by atoms with van der Waals surface area (Å²) < 4.78 is 6.59. The number of rotatable bonds is 5. The van der Waals surface area contributed by atoms with Crippen molar-refractivity contribution in [1.29, 1.82) is 0 Å². The number of hydrogen-bond acceptors (Lipinski definition) is 3. The van der Waals surface area contributed by atoms with Crippen molar-refractivity contribution in [3.05, 3.63) is 182 Å². The highest BCUT2D eigenvalue weighted by molar-refractivity contribution is 6.15. The fourth-order valence-electron chi connectivity index (χ4n) is 7.48. The summed E-state index contributed by atoms with van der Waals surface area (Å²) in [7, 11) is 0. The maximum atomic E-state index is 6.59. The van der Waals surface area contributed by atoms with E-state index in [0.29, 0.717) is 0 Å². The topological polar surface area (TPSA) is 29.3 Å². The largest absolute Gasteiger partial charge is 0.455 e. The Balaban J connectivity index is 1.12. The monoisotopic (exact) mass is 638 g/mol. The number of fused-ring (bicyclic) bond motifs is 8. The van der Waals surface area contributed by atoms with Crippen molar-refractivity contribution in [2.45, 2.75) is 0 Å². The minimum atomic E-state index is 0.846. The van der Waals surface area contributed by atoms with Gasteiger partial charge in [0.05, 0.1) is 5.52 Å². The van der Waals surface area contributed by atoms with Gasteiger partial charge in [-0.05, 0) is 111 Å². The molecule has 0 aliphatic carbocycles. The minimum Gasteiger partial charge on any atom is -0.455 e. The third-order valence-electron chi connectivity index (χ3n) is 9.90. The van der Waals surface area contributed by atoms with Crippen molar-refractivity contribution in [2.24, 2.45) is 0 Å². The molecule has 3 heteroatoms. The first-order valence-corrected chi connectivity index (χ1v) is 17.0. The molecule has 0 N–H and O–H groups in total. The number of anilines is 3. The molecular weight excluding hydrogens is 609 g/mol. The number of pyridine rings is 1. The van der Waals surface area contributed by atoms with E-state index in [9.17, 15) is 0 Å². The Morgan fingerprint density at radius 2 is 1.02 bits per heavy atom. The van der Waals surface area contributed by atoms with Gasteiger partial charge in [0.15, 0.2) is 0 Å². The first-order valence-electron chi connectivity index (χ1n) is 17.0. The zero-order valence-corrected chi connectivity index (χ0v) is 27.1. The summed E-state index contributed by atoms with van der Waals surface area (Å²) in [5.41, 5.74) is 10.6. The fourth-order valence-corrected chi connectivity index (χ4v) is 7.48. The Morgan fingerprint density at radius 1 is 0.400 bits per heavy atom. The molecule has 0 saturated carbocycles. The van der Waals surface area contributed by atoms with Crippen LogP contribution in [0.1, 0.15) is 0 Å². The van der Waals surface area contributed by atoms with Crippen LogP contribution in [0, 0.1) is 0 Å². The average molecular weight is 639 g/mol. The lowest BCUT2D eigenvalue weighted by molar-refractivity contribution is 0.672. The van der Waals surface area contributed by atoms with Crippen molar-refractivity contribution < 1.29 is 4.42 Å². The lowest BCUT2D eigenvalue weighted by atomic mass is 9.93. The van der Waals surface area contributed by atoms with E-state index in [0.717, 1.165) is 49.9 Å². The van der Waals surface area contributed by atoms with E-state index < -0.39 is 0 Å². The van der Waals surface area contributed by atoms with E-state index in [1.165, 1.54) is 43.8 Å². The molecule has 3 nitrogen and oxygen atoms in total. The van der Waals surface area contributed by atoms with E-state index in [2.05, 4.69) is 180 Å². The van der Waals surface area contributed by atoms with Crippen LogP contribution in [-0.4, -0.2) is 4.98 Å². The highest BCUT2D eigenvalue weighted by Gasteiger charge is 2.18. The van der Waals surface area contributed by atoms with Gasteiger partial charge in [0.1, 0.15) is 11.2 Å². The van der Waals surface area contributed by atoms with E-state index in [-0.39, 0.29) is 0 Å². The molecule has 0 bridgehead atoms. The van der Waals surface area contributed by atoms with Crippen LogP contribution in [0.25, 0.3) is 76.6 Å². The fraction of sp³-hybridized carbons (Fsp3) is 0. The maximum Gasteiger partial charge on any atom is 0.144 e. The van der Waals surface area contributed by atoms with Crippen LogP contribution in [-0.2, 0) is 0 Å². The molecule has 0 aliphatic rings. The number of nitrogens with zero attached hydrogens (tertiary/aromatic N) is 2. The lowest BCUT2D eigenvalue weighted by Crippen LogP contribution is -2.09. The second-order valence-corrected chi connectivity index (χ2v) is 12.8. The van der Waals surface area contributed by atoms with Crippen LogP contribution in [0.2, 0.25) is 0 Å². The zero-order valence-electron chi connectivity index (χ0n) is 27.1. The second-order valence-electron chi connectivity index (χ2n) is 12.8. The molecule has 0 radical (unpaired) electrons. The van der Waals surface area contributed by atoms with Gasteiger partial charge in [0, 0.05) is 45.5 Å². The summed E-state index contributed by atoms with van der Waals surface area (Å²) in [6.45, 7) is 0. The van der Waals surface area contributed by atoms with Gasteiger partial charge in [0.25, 0.3) is 0 Å². The maximum absolute atomic E-state index is 6.59. The quantitative estimate of drug-likeness (QED) is 0.176. The van der Waals surface area contributed by atoms with E-state index in [1.807, 2.05) is 12.3 Å². The van der Waals surface area contributed by atoms with Gasteiger partial charge in [-0.3, -0.25) is 4.98 Å². The highest BCUT2D eigenvalue weighted by atomic mass is 16.3. The normalized spacial score (nSPS) is 11.6. The van der Waals surface area contributed by atoms with Crippen LogP contribution >= 0.6 is 0 Å². The zero-order chi connectivity index (χ0) is 33.0. The van der Waals surface area contributed by atoms with Crippen LogP contribution in [0.4, 0.5) is 17.1 Å². The number of benzene rings is 8. The molecule has 0 unspecified atom stereocenters. The number of hydrogen-bond donors (Lipinski definition) is 0. The highest BCUT2D eigenvalue weighted by Crippen LogP contribution is 2.42. The molecule has 10 rings (SSSR count). The summed E-state index contributed by atoms with van der Waals surface area (Å²) in [4.78, 5) is 6.86. The lowest BCUT2D eigenvalue weighted by Gasteiger charge is -2.26. The molecule has 10 aromatic rings. The van der Waals surface area contributed by atoms with Crippen LogP contribution in [0.3, 0.4) is 0 Å². The van der Waals surface area contributed by atoms with Gasteiger partial charge >= 0.3 is 0 Å². The molecule has 2 heterocycles. The summed E-state index contributed by atoms with van der Waals surface area (Å²) in [6, 6.07) is 62.7. The SMILES string of the molecule is c1ccc(-c2ccc(N(c3ccc(-c4cc5ccccc5c5ccccc45)cc3)c3ccc4c(c3)oc3c5cccnc5ccc43)cc2)cc1. The molecular formula is C47H30N2O. The van der Waals surface area contributed by atoms with Crippen molar-refractivity contribution in [3.63, 3.8) is 0 Å². The van der Waals surface area contributed by atoms with Crippen molar-refractivity contribution >= 4 is 71.4 Å². The molecule has 0 aliphatic heterocycles. The molecule has 50 heavy (non-hydrogen) atoms. The minimum absolute atomic E-state index is 0.846. The van der Waals surface area contributed by atoms with Crippen molar-refractivity contribution in [2.75, 3.05) is 4.90 Å². The van der Waals surface area contributed by atoms with Crippen LogP contribution in [0.15, 0.2) is 187 Å². The molecule has 0 amide bonds. The van der Waals surface area contributed by atoms with Gasteiger partial charge in [-0.15, -0.1) is 0 Å². The Kier molecular flexibility index (Phi) is 6.49. The molecule has 2 aromatic heterocycles. The molecule has 0 atom stereocenters. The summed E-state index contributed by atoms with van der Waals surface area (Å²) in [5.74, 6) is 0. The second kappa shape index (κ2) is 11.5. The molecule has 234 valence electrons. The van der Waals surface area contributed by atoms with Gasteiger partial charge in [0.2, 0.25) is 0 Å². The standard InChI is InChI=1S/C47H30N2O/c1-2-9-31(10-3-1)32-16-20-35(21-17-32)49(37-24-25-41-42-26-27-45-43(15-8-28-48-45)47(42)50-46(41)30-37)36-22-18-33(19-23-36)44-29-34-11-4-5-12-38(34)39-13-6-7-14-40(39)44/h1-30H. The van der Waals surface area contributed by atoms with Gasteiger partial charge < -0.3 is 9.32 Å². The van der Waals surface area contributed by atoms with Crippen molar-refractivity contribution in [3.8, 4) is 22.3 Å². The van der Waals surface area contributed by atoms with E-state index in [4.69, 9.17) is 4.42 Å². The third-order valence-corrected chi connectivity index (χ3v) is 9.90. The molecule has 8 aromatic carbocycles. The van der Waals surface area contributed by atoms with E-state index >= 15 is 0 Å². The van der Waals surface area contributed by atoms with Crippen LogP contribution in [0.5, 0.6) is 0 Å². The molecule has 0 saturated heterocycles. The summed E-state index contributed by atoms with van der Waals surface area (Å²) in [6.07, 6.45) is 1.82. The summed E-state index contributed by atoms with van der Waals surface area (Å²) >= 11 is 0. The number of furan rings is 1. The summed E-state index contributed by atoms with van der Waals surface area (Å²) in [5, 5.41) is 8.25. The average Bonchev–Trinajstić information content (AvgIpc) is 3.57. The van der Waals surface area contributed by atoms with Crippen LogP contribution < -0.4 is 4.90 Å². The van der Waals surface area contributed by atoms with Gasteiger partial charge in [-0.1, -0.05) is 103 Å². The molecule has 0 spiro atoms. The Bertz CT molecular complexity index is 2850. The first kappa shape index (κ1) is 28.3. The Morgan fingerprint density at radius 3 is 1.82 bits per heavy atom. The van der Waals surface area contributed by atoms with Gasteiger partial charge in [-0.25, -0.2) is 0 Å². The molecule has 0 fully saturated rings. The number of aromatic nitrogens is 1. The van der Waals surface area contributed by atoms with Crippen molar-refractivity contribution in [1.82, 2.24) is 4.98 Å². The Hall–Kier alpha value is -6.71.